The lowest BCUT2D eigenvalue weighted by Crippen LogP contribution is -2.42. The van der Waals surface area contributed by atoms with Crippen LogP contribution in [-0.4, -0.2) is 43.8 Å². The Bertz CT molecular complexity index is 590. The van der Waals surface area contributed by atoms with Crippen LogP contribution >= 0.6 is 46.6 Å². The number of Topliss-reactive ketones (excluding diaryl/α,β-unsaturated/α-hetero) is 1. The highest BCUT2D eigenvalue weighted by molar-refractivity contribution is 7.99. The van der Waals surface area contributed by atoms with E-state index < -0.39 is 28.3 Å². The summed E-state index contributed by atoms with van der Waals surface area (Å²) in [5, 5.41) is 10.5. The summed E-state index contributed by atoms with van der Waals surface area (Å²) in [5.41, 5.74) is 0. The zero-order valence-electron chi connectivity index (χ0n) is 14.2. The van der Waals surface area contributed by atoms with Crippen LogP contribution in [0.4, 0.5) is 4.79 Å². The Balaban J connectivity index is 2.78. The molecule has 0 spiro atoms. The molecule has 0 radical (unpaired) electrons. The van der Waals surface area contributed by atoms with Gasteiger partial charge in [-0.1, -0.05) is 74.3 Å². The van der Waals surface area contributed by atoms with Gasteiger partial charge in [-0.25, -0.2) is 4.79 Å². The monoisotopic (exact) mass is 431 g/mol. The zero-order valence-corrected chi connectivity index (χ0v) is 17.3. The number of halogens is 3. The molecular weight excluding hydrogens is 413 g/mol. The van der Waals surface area contributed by atoms with Crippen molar-refractivity contribution in [3.63, 3.8) is 0 Å². The number of hydrogen-bond acceptors (Lipinski definition) is 7. The van der Waals surface area contributed by atoms with E-state index in [1.54, 1.807) is 0 Å². The lowest BCUT2D eigenvalue weighted by molar-refractivity contribution is 0.0870. The lowest BCUT2D eigenvalue weighted by Gasteiger charge is -2.18. The SMILES string of the molecule is CC(C)CC(NC(=O)OCC(Cl)(Cl)Cl)C(=O)c1nnc(SC(C)C)o1. The third kappa shape index (κ3) is 8.99. The Labute approximate surface area is 165 Å². The first kappa shape index (κ1) is 22.3. The number of aromatic nitrogens is 2. The van der Waals surface area contributed by atoms with Crippen LogP contribution < -0.4 is 5.32 Å². The third-order valence-electron chi connectivity index (χ3n) is 2.64. The molecule has 0 aromatic carbocycles. The van der Waals surface area contributed by atoms with Crippen molar-refractivity contribution >= 4 is 58.4 Å². The number of amides is 1. The number of hydrogen-bond donors (Lipinski definition) is 1. The van der Waals surface area contributed by atoms with Gasteiger partial charge < -0.3 is 14.5 Å². The van der Waals surface area contributed by atoms with E-state index in [9.17, 15) is 9.59 Å². The highest BCUT2D eigenvalue weighted by atomic mass is 35.6. The third-order valence-corrected chi connectivity index (χ3v) is 3.80. The first-order valence-corrected chi connectivity index (χ1v) is 9.53. The molecule has 1 amide bonds. The molecule has 1 heterocycles. The Morgan fingerprint density at radius 3 is 2.40 bits per heavy atom. The van der Waals surface area contributed by atoms with E-state index in [0.29, 0.717) is 11.6 Å². The summed E-state index contributed by atoms with van der Waals surface area (Å²) in [6.07, 6.45) is -0.516. The molecule has 11 heteroatoms. The topological polar surface area (TPSA) is 94.3 Å². The predicted octanol–water partition coefficient (Wildman–Crippen LogP) is 4.26. The number of carbonyl (C=O) groups excluding carboxylic acids is 2. The number of alkyl carbamates (subject to hydrolysis) is 1. The van der Waals surface area contributed by atoms with Crippen molar-refractivity contribution in [1.29, 1.82) is 0 Å². The van der Waals surface area contributed by atoms with Gasteiger partial charge in [-0.05, 0) is 12.3 Å². The average molecular weight is 433 g/mol. The second kappa shape index (κ2) is 9.85. The summed E-state index contributed by atoms with van der Waals surface area (Å²) in [7, 11) is 0. The van der Waals surface area contributed by atoms with Gasteiger partial charge in [0.1, 0.15) is 12.6 Å². The first-order chi connectivity index (χ1) is 11.5. The Morgan fingerprint density at radius 2 is 1.88 bits per heavy atom. The van der Waals surface area contributed by atoms with Crippen molar-refractivity contribution in [3.8, 4) is 0 Å². The fraction of sp³-hybridized carbons (Fsp3) is 0.714. The molecule has 0 fully saturated rings. The van der Waals surface area contributed by atoms with Crippen LogP contribution in [0.25, 0.3) is 0 Å². The van der Waals surface area contributed by atoms with Gasteiger partial charge in [-0.15, -0.1) is 10.2 Å². The van der Waals surface area contributed by atoms with Crippen LogP contribution in [0.1, 0.15) is 44.8 Å². The van der Waals surface area contributed by atoms with Crippen molar-refractivity contribution in [3.05, 3.63) is 5.89 Å². The fourth-order valence-electron chi connectivity index (χ4n) is 1.74. The minimum Gasteiger partial charge on any atom is -0.445 e. The maximum Gasteiger partial charge on any atom is 0.407 e. The highest BCUT2D eigenvalue weighted by Crippen LogP contribution is 2.26. The van der Waals surface area contributed by atoms with Gasteiger partial charge in [-0.2, -0.15) is 0 Å². The van der Waals surface area contributed by atoms with Crippen molar-refractivity contribution < 1.29 is 18.7 Å². The molecule has 1 atom stereocenters. The minimum absolute atomic E-state index is 0.120. The summed E-state index contributed by atoms with van der Waals surface area (Å²) in [6, 6.07) is -0.889. The lowest BCUT2D eigenvalue weighted by atomic mass is 10.0. The van der Waals surface area contributed by atoms with Crippen molar-refractivity contribution in [1.82, 2.24) is 15.5 Å². The smallest absolute Gasteiger partial charge is 0.407 e. The standard InChI is InChI=1S/C14H20Cl3N3O4S/c1-7(2)5-9(18-12(22)23-6-14(15,16)17)10(21)11-19-20-13(24-11)25-8(3)4/h7-9H,5-6H2,1-4H3,(H,18,22). The molecule has 0 aliphatic rings. The fourth-order valence-corrected chi connectivity index (χ4v) is 2.52. The Hall–Kier alpha value is -0.700. The highest BCUT2D eigenvalue weighted by Gasteiger charge is 2.29. The number of thioether (sulfide) groups is 1. The summed E-state index contributed by atoms with van der Waals surface area (Å²) >= 11 is 17.9. The molecule has 1 unspecified atom stereocenters. The van der Waals surface area contributed by atoms with Gasteiger partial charge in [0.05, 0.1) is 0 Å². The molecule has 0 bridgehead atoms. The van der Waals surface area contributed by atoms with E-state index >= 15 is 0 Å². The number of carbonyl (C=O) groups is 2. The molecule has 0 saturated carbocycles. The van der Waals surface area contributed by atoms with E-state index in [0.717, 1.165) is 0 Å². The van der Waals surface area contributed by atoms with E-state index in [1.165, 1.54) is 11.8 Å². The van der Waals surface area contributed by atoms with Gasteiger partial charge in [0.15, 0.2) is 0 Å². The van der Waals surface area contributed by atoms with E-state index in [4.69, 9.17) is 44.0 Å². The Kier molecular flexibility index (Phi) is 8.80. The minimum atomic E-state index is -1.73. The molecule has 1 N–H and O–H groups in total. The molecule has 142 valence electrons. The van der Waals surface area contributed by atoms with Crippen LogP contribution in [0.3, 0.4) is 0 Å². The maximum absolute atomic E-state index is 12.6. The quantitative estimate of drug-likeness (QED) is 0.372. The number of nitrogens with zero attached hydrogens (tertiary/aromatic N) is 2. The van der Waals surface area contributed by atoms with E-state index in [1.807, 2.05) is 27.7 Å². The molecule has 1 rings (SSSR count). The molecule has 0 saturated heterocycles. The number of ether oxygens (including phenoxy) is 1. The van der Waals surface area contributed by atoms with Crippen molar-refractivity contribution in [2.75, 3.05) is 6.61 Å². The summed E-state index contributed by atoms with van der Waals surface area (Å²) < 4.78 is 8.41. The van der Waals surface area contributed by atoms with Crippen molar-refractivity contribution in [2.24, 2.45) is 5.92 Å². The molecular formula is C14H20Cl3N3O4S. The summed E-state index contributed by atoms with van der Waals surface area (Å²) in [5.74, 6) is -0.548. The first-order valence-electron chi connectivity index (χ1n) is 7.52. The normalized spacial score (nSPS) is 13.2. The van der Waals surface area contributed by atoms with Crippen LogP contribution in [-0.2, 0) is 4.74 Å². The largest absolute Gasteiger partial charge is 0.445 e. The zero-order chi connectivity index (χ0) is 19.2. The number of ketones is 1. The van der Waals surface area contributed by atoms with E-state index in [-0.39, 0.29) is 17.1 Å². The van der Waals surface area contributed by atoms with Crippen molar-refractivity contribution in [2.45, 2.75) is 54.4 Å². The van der Waals surface area contributed by atoms with E-state index in [2.05, 4.69) is 15.5 Å². The molecule has 0 aliphatic heterocycles. The number of nitrogens with one attached hydrogen (secondary N) is 1. The van der Waals surface area contributed by atoms with Crippen LogP contribution in [0.5, 0.6) is 0 Å². The second-order valence-corrected chi connectivity index (χ2v) is 9.97. The molecule has 1 aromatic heterocycles. The predicted molar refractivity (Wildman–Crippen MR) is 97.6 cm³/mol. The molecule has 7 nitrogen and oxygen atoms in total. The number of alkyl halides is 3. The van der Waals surface area contributed by atoms with Gasteiger partial charge in [0, 0.05) is 5.25 Å². The Morgan fingerprint density at radius 1 is 1.24 bits per heavy atom. The van der Waals surface area contributed by atoms with Crippen LogP contribution in [0, 0.1) is 5.92 Å². The van der Waals surface area contributed by atoms with Gasteiger partial charge in [0.25, 0.3) is 11.1 Å². The summed E-state index contributed by atoms with van der Waals surface area (Å²) in [6.45, 7) is 7.28. The average Bonchev–Trinajstić information content (AvgIpc) is 2.90. The number of rotatable bonds is 8. The van der Waals surface area contributed by atoms with Crippen LogP contribution in [0.2, 0.25) is 0 Å². The van der Waals surface area contributed by atoms with Crippen LogP contribution in [0.15, 0.2) is 9.64 Å². The van der Waals surface area contributed by atoms with Gasteiger partial charge in [0.2, 0.25) is 9.58 Å². The molecule has 1 aromatic rings. The van der Waals surface area contributed by atoms with Gasteiger partial charge in [-0.3, -0.25) is 4.79 Å². The molecule has 25 heavy (non-hydrogen) atoms. The second-order valence-electron chi connectivity index (χ2n) is 5.92. The molecule has 0 aliphatic carbocycles. The summed E-state index contributed by atoms with van der Waals surface area (Å²) in [4.78, 5) is 24.4. The van der Waals surface area contributed by atoms with Gasteiger partial charge >= 0.3 is 6.09 Å². The maximum atomic E-state index is 12.6.